The van der Waals surface area contributed by atoms with Crippen LogP contribution in [0, 0.1) is 0 Å². The number of aromatic carboxylic acids is 2. The van der Waals surface area contributed by atoms with Gasteiger partial charge >= 0.3 is 23.3 Å². The Labute approximate surface area is 205 Å². The zero-order valence-corrected chi connectivity index (χ0v) is 18.6. The Morgan fingerprint density at radius 3 is 1.42 bits per heavy atom. The molecule has 6 aromatic rings. The Balaban J connectivity index is 0.000000155. The first-order chi connectivity index (χ1) is 18.1. The van der Waals surface area contributed by atoms with Crippen LogP contribution in [0.4, 0.5) is 0 Å². The lowest BCUT2D eigenvalue weighted by atomic mass is 10.2. The summed E-state index contributed by atoms with van der Waals surface area (Å²) in [6, 6.07) is 8.29. The molecule has 6 N–H and O–H groups in total. The maximum absolute atomic E-state index is 11.6. The number of fused-ring (bicyclic) bond motifs is 4. The highest BCUT2D eigenvalue weighted by molar-refractivity contribution is 5.94. The van der Waals surface area contributed by atoms with Gasteiger partial charge in [0, 0.05) is 0 Å². The molecule has 38 heavy (non-hydrogen) atoms. The first kappa shape index (κ1) is 23.7. The normalized spacial score (nSPS) is 10.9. The van der Waals surface area contributed by atoms with Gasteiger partial charge < -0.3 is 10.2 Å². The summed E-state index contributed by atoms with van der Waals surface area (Å²) in [6.07, 6.45) is 0. The molecule has 0 spiro atoms. The molecule has 0 amide bonds. The number of hydrogen-bond acceptors (Lipinski definition) is 10. The third-order valence-electron chi connectivity index (χ3n) is 5.17. The van der Waals surface area contributed by atoms with Gasteiger partial charge in [0.05, 0.1) is 33.2 Å². The number of aromatic nitrogens is 8. The maximum atomic E-state index is 11.6. The van der Waals surface area contributed by atoms with Crippen molar-refractivity contribution in [3.63, 3.8) is 0 Å². The van der Waals surface area contributed by atoms with E-state index in [1.165, 1.54) is 36.4 Å². The van der Waals surface area contributed by atoms with Gasteiger partial charge in [-0.2, -0.15) is 0 Å². The van der Waals surface area contributed by atoms with E-state index in [2.05, 4.69) is 29.9 Å². The zero-order valence-electron chi connectivity index (χ0n) is 18.6. The van der Waals surface area contributed by atoms with E-state index < -0.39 is 34.4 Å². The molecule has 0 aliphatic heterocycles. The van der Waals surface area contributed by atoms with E-state index >= 15 is 0 Å². The zero-order chi connectivity index (χ0) is 27.1. The number of aromatic amines is 4. The van der Waals surface area contributed by atoms with E-state index in [-0.39, 0.29) is 44.5 Å². The molecule has 0 saturated carbocycles. The minimum absolute atomic E-state index is 0.00447. The molecule has 16 nitrogen and oxygen atoms in total. The van der Waals surface area contributed by atoms with Gasteiger partial charge in [0.15, 0.2) is 22.3 Å². The highest BCUT2D eigenvalue weighted by Crippen LogP contribution is 2.15. The summed E-state index contributed by atoms with van der Waals surface area (Å²) < 4.78 is 0. The second kappa shape index (κ2) is 8.86. The minimum atomic E-state index is -1.10. The van der Waals surface area contributed by atoms with Crippen LogP contribution in [0.5, 0.6) is 0 Å². The van der Waals surface area contributed by atoms with Crippen molar-refractivity contribution in [3.8, 4) is 0 Å². The largest absolute Gasteiger partial charge is 0.478 e. The van der Waals surface area contributed by atoms with Crippen molar-refractivity contribution in [2.24, 2.45) is 0 Å². The van der Waals surface area contributed by atoms with Crippen molar-refractivity contribution < 1.29 is 19.8 Å². The number of nitrogens with one attached hydrogen (secondary N) is 4. The number of nitrogens with zero attached hydrogens (tertiary/aromatic N) is 4. The molecule has 0 atom stereocenters. The summed E-state index contributed by atoms with van der Waals surface area (Å²) in [5.41, 5.74) is -1.25. The van der Waals surface area contributed by atoms with Gasteiger partial charge in [-0.1, -0.05) is 0 Å². The Bertz CT molecular complexity index is 2200. The predicted octanol–water partition coefficient (Wildman–Crippen LogP) is -0.284. The third kappa shape index (κ3) is 4.35. The van der Waals surface area contributed by atoms with Gasteiger partial charge in [-0.25, -0.2) is 39.1 Å². The lowest BCUT2D eigenvalue weighted by molar-refractivity contribution is 0.0686. The standard InChI is InChI=1S/2C11H6N4O4/c16-9-7-8(14-11(19)15-9)13-5-2-1-4(10(17)18)3-6(5)12-7;16-9-7-8(14-11(19)15-9)13-6-3-4(10(17)18)1-2-5(6)12-7/h2*1-3H,(H,17,18)(H2,13,14,15,16,19). The van der Waals surface area contributed by atoms with E-state index in [0.717, 1.165) is 0 Å². The molecule has 6 rings (SSSR count). The average Bonchev–Trinajstić information content (AvgIpc) is 2.86. The first-order valence-corrected chi connectivity index (χ1v) is 10.4. The molecule has 0 fully saturated rings. The van der Waals surface area contributed by atoms with Crippen molar-refractivity contribution in [1.29, 1.82) is 0 Å². The molecule has 2 aromatic carbocycles. The summed E-state index contributed by atoms with van der Waals surface area (Å²) in [6.45, 7) is 0. The highest BCUT2D eigenvalue weighted by Gasteiger charge is 2.11. The summed E-state index contributed by atoms with van der Waals surface area (Å²) in [7, 11) is 0. The molecule has 188 valence electrons. The molecule has 0 saturated heterocycles. The van der Waals surface area contributed by atoms with Crippen LogP contribution in [0.2, 0.25) is 0 Å². The molecule has 0 aliphatic rings. The first-order valence-electron chi connectivity index (χ1n) is 10.4. The molecule has 0 radical (unpaired) electrons. The molecular weight excluding hydrogens is 504 g/mol. The molecule has 4 aromatic heterocycles. The number of carboxylic acid groups (broad SMARTS) is 2. The van der Waals surface area contributed by atoms with Gasteiger partial charge in [-0.3, -0.25) is 29.5 Å². The quantitative estimate of drug-likeness (QED) is 0.162. The fourth-order valence-corrected chi connectivity index (χ4v) is 3.47. The molecule has 0 unspecified atom stereocenters. The summed E-state index contributed by atoms with van der Waals surface area (Å²) in [4.78, 5) is 92.0. The van der Waals surface area contributed by atoms with Crippen LogP contribution in [0.25, 0.3) is 44.4 Å². The Hall–Kier alpha value is -6.06. The van der Waals surface area contributed by atoms with Gasteiger partial charge in [0.2, 0.25) is 0 Å². The number of benzene rings is 2. The smallest absolute Gasteiger partial charge is 0.335 e. The van der Waals surface area contributed by atoms with Crippen LogP contribution >= 0.6 is 0 Å². The second-order valence-corrected chi connectivity index (χ2v) is 7.68. The van der Waals surface area contributed by atoms with Gasteiger partial charge in [0.25, 0.3) is 11.1 Å². The van der Waals surface area contributed by atoms with Crippen LogP contribution in [-0.2, 0) is 0 Å². The van der Waals surface area contributed by atoms with Crippen LogP contribution in [0.1, 0.15) is 20.7 Å². The Kier molecular flexibility index (Phi) is 5.52. The van der Waals surface area contributed by atoms with E-state index in [1.807, 2.05) is 9.97 Å². The molecular formula is C22H12N8O8. The van der Waals surface area contributed by atoms with E-state index in [1.54, 1.807) is 0 Å². The van der Waals surface area contributed by atoms with Crippen LogP contribution in [0.3, 0.4) is 0 Å². The maximum Gasteiger partial charge on any atom is 0.335 e. The Morgan fingerprint density at radius 2 is 0.947 bits per heavy atom. The van der Waals surface area contributed by atoms with E-state index in [9.17, 15) is 28.8 Å². The number of carboxylic acids is 2. The highest BCUT2D eigenvalue weighted by atomic mass is 16.4. The molecule has 0 bridgehead atoms. The monoisotopic (exact) mass is 516 g/mol. The van der Waals surface area contributed by atoms with Crippen LogP contribution < -0.4 is 22.5 Å². The van der Waals surface area contributed by atoms with E-state index in [0.29, 0.717) is 11.0 Å². The summed E-state index contributed by atoms with van der Waals surface area (Å²) >= 11 is 0. The van der Waals surface area contributed by atoms with E-state index in [4.69, 9.17) is 10.2 Å². The molecule has 4 heterocycles. The summed E-state index contributed by atoms with van der Waals surface area (Å²) in [5, 5.41) is 17.8. The predicted molar refractivity (Wildman–Crippen MR) is 130 cm³/mol. The van der Waals surface area contributed by atoms with Crippen molar-refractivity contribution in [1.82, 2.24) is 39.9 Å². The van der Waals surface area contributed by atoms with Crippen molar-refractivity contribution in [2.75, 3.05) is 0 Å². The topological polar surface area (TPSA) is 258 Å². The van der Waals surface area contributed by atoms with Gasteiger partial charge in [-0.05, 0) is 36.4 Å². The van der Waals surface area contributed by atoms with Crippen LogP contribution in [-0.4, -0.2) is 62.0 Å². The van der Waals surface area contributed by atoms with Gasteiger partial charge in [0.1, 0.15) is 0 Å². The number of carbonyl (C=O) groups is 2. The molecule has 16 heteroatoms. The average molecular weight is 516 g/mol. The Morgan fingerprint density at radius 1 is 0.553 bits per heavy atom. The van der Waals surface area contributed by atoms with Crippen molar-refractivity contribution in [3.05, 3.63) is 89.2 Å². The van der Waals surface area contributed by atoms with Crippen molar-refractivity contribution >= 4 is 56.3 Å². The SMILES string of the molecule is O=C(O)c1ccc2nc3[nH]c(=O)[nH]c(=O)c3nc2c1.O=C(O)c1ccc2nc3c(=O)[nH]c(=O)[nH]c3nc2c1. The molecule has 0 aliphatic carbocycles. The summed E-state index contributed by atoms with van der Waals surface area (Å²) in [5.74, 6) is -2.19. The minimum Gasteiger partial charge on any atom is -0.478 e. The fourth-order valence-electron chi connectivity index (χ4n) is 3.47. The van der Waals surface area contributed by atoms with Crippen molar-refractivity contribution in [2.45, 2.75) is 0 Å². The third-order valence-corrected chi connectivity index (χ3v) is 5.17. The number of hydrogen-bond donors (Lipinski definition) is 6. The lowest BCUT2D eigenvalue weighted by Crippen LogP contribution is -2.23. The van der Waals surface area contributed by atoms with Crippen LogP contribution in [0.15, 0.2) is 55.6 Å². The fraction of sp³-hybridized carbons (Fsp3) is 0. The van der Waals surface area contributed by atoms with Gasteiger partial charge in [-0.15, -0.1) is 0 Å². The second-order valence-electron chi connectivity index (χ2n) is 7.68. The lowest BCUT2D eigenvalue weighted by Gasteiger charge is -2.00. The number of H-pyrrole nitrogens is 4. The number of rotatable bonds is 2.